The van der Waals surface area contributed by atoms with Crippen LogP contribution in [0.5, 0.6) is 0 Å². The first-order chi connectivity index (χ1) is 9.27. The summed E-state index contributed by atoms with van der Waals surface area (Å²) in [6.45, 7) is 8.84. The predicted molar refractivity (Wildman–Crippen MR) is 82.5 cm³/mol. The zero-order valence-corrected chi connectivity index (χ0v) is 13.0. The van der Waals surface area contributed by atoms with Crippen LogP contribution >= 0.6 is 11.6 Å². The fourth-order valence-corrected chi connectivity index (χ4v) is 2.29. The number of aromatic nitrogens is 2. The Morgan fingerprint density at radius 2 is 1.80 bits per heavy atom. The molecule has 4 heteroatoms. The van der Waals surface area contributed by atoms with Crippen LogP contribution in [-0.4, -0.2) is 9.55 Å². The Hall–Kier alpha value is -1.61. The lowest BCUT2D eigenvalue weighted by Crippen LogP contribution is -2.23. The second kappa shape index (κ2) is 5.41. The molecule has 1 aromatic carbocycles. The van der Waals surface area contributed by atoms with Gasteiger partial charge in [-0.15, -0.1) is 0 Å². The number of aryl methyl sites for hydroxylation is 1. The average Bonchev–Trinajstić information content (AvgIpc) is 2.33. The van der Waals surface area contributed by atoms with E-state index in [2.05, 4.69) is 50.0 Å². The van der Waals surface area contributed by atoms with E-state index in [1.54, 1.807) is 11.5 Å². The summed E-state index contributed by atoms with van der Waals surface area (Å²) < 4.78 is 1.62. The molecule has 106 valence electrons. The van der Waals surface area contributed by atoms with Crippen LogP contribution in [0.3, 0.4) is 0 Å². The van der Waals surface area contributed by atoms with Gasteiger partial charge in [-0.3, -0.25) is 9.36 Å². The fraction of sp³-hybridized carbons (Fsp3) is 0.375. The Labute approximate surface area is 124 Å². The molecule has 0 aliphatic heterocycles. The molecule has 0 saturated carbocycles. The third-order valence-electron chi connectivity index (χ3n) is 3.33. The molecule has 0 atom stereocenters. The molecule has 0 radical (unpaired) electrons. The maximum atomic E-state index is 11.9. The van der Waals surface area contributed by atoms with Crippen molar-refractivity contribution in [1.29, 1.82) is 0 Å². The van der Waals surface area contributed by atoms with Crippen molar-refractivity contribution in [3.05, 3.63) is 62.8 Å². The predicted octanol–water partition coefficient (Wildman–Crippen LogP) is 3.55. The standard InChI is InChI=1S/C16H19ClN2O/c1-11-18-14(17)9-15(20)19(11)10-12-5-7-13(8-6-12)16(2,3)4/h5-9H,10H2,1-4H3. The summed E-state index contributed by atoms with van der Waals surface area (Å²) in [4.78, 5) is 16.0. The van der Waals surface area contributed by atoms with Crippen molar-refractivity contribution in [1.82, 2.24) is 9.55 Å². The van der Waals surface area contributed by atoms with Gasteiger partial charge in [0.2, 0.25) is 0 Å². The van der Waals surface area contributed by atoms with Crippen molar-refractivity contribution >= 4 is 11.6 Å². The van der Waals surface area contributed by atoms with Gasteiger partial charge >= 0.3 is 0 Å². The smallest absolute Gasteiger partial charge is 0.255 e. The molecule has 3 nitrogen and oxygen atoms in total. The van der Waals surface area contributed by atoms with Crippen LogP contribution in [0, 0.1) is 6.92 Å². The van der Waals surface area contributed by atoms with E-state index in [1.165, 1.54) is 11.6 Å². The Balaban J connectivity index is 2.30. The van der Waals surface area contributed by atoms with Gasteiger partial charge in [0.05, 0.1) is 6.54 Å². The minimum atomic E-state index is -0.123. The van der Waals surface area contributed by atoms with Gasteiger partial charge in [-0.1, -0.05) is 56.6 Å². The van der Waals surface area contributed by atoms with Gasteiger partial charge in [-0.2, -0.15) is 0 Å². The van der Waals surface area contributed by atoms with E-state index in [1.807, 2.05) is 0 Å². The van der Waals surface area contributed by atoms with Crippen LogP contribution in [0.15, 0.2) is 35.1 Å². The number of hydrogen-bond donors (Lipinski definition) is 0. The van der Waals surface area contributed by atoms with Crippen LogP contribution in [0.4, 0.5) is 0 Å². The van der Waals surface area contributed by atoms with E-state index < -0.39 is 0 Å². The minimum absolute atomic E-state index is 0.123. The van der Waals surface area contributed by atoms with Crippen molar-refractivity contribution in [2.45, 2.75) is 39.7 Å². The third kappa shape index (κ3) is 3.28. The lowest BCUT2D eigenvalue weighted by atomic mass is 9.87. The van der Waals surface area contributed by atoms with E-state index in [0.717, 1.165) is 5.56 Å². The quantitative estimate of drug-likeness (QED) is 0.793. The second-order valence-corrected chi connectivity index (χ2v) is 6.38. The molecule has 20 heavy (non-hydrogen) atoms. The van der Waals surface area contributed by atoms with Gasteiger partial charge in [0.1, 0.15) is 11.0 Å². The van der Waals surface area contributed by atoms with E-state index in [0.29, 0.717) is 12.4 Å². The van der Waals surface area contributed by atoms with Gasteiger partial charge in [-0.05, 0) is 23.5 Å². The molecule has 2 rings (SSSR count). The first-order valence-electron chi connectivity index (χ1n) is 6.61. The second-order valence-electron chi connectivity index (χ2n) is 6.00. The van der Waals surface area contributed by atoms with Crippen LogP contribution in [0.1, 0.15) is 37.7 Å². The number of halogens is 1. The summed E-state index contributed by atoms with van der Waals surface area (Å²) in [5, 5.41) is 0.242. The molecule has 0 amide bonds. The van der Waals surface area contributed by atoms with E-state index in [-0.39, 0.29) is 16.1 Å². The number of rotatable bonds is 2. The molecule has 0 spiro atoms. The van der Waals surface area contributed by atoms with Gasteiger partial charge in [0.25, 0.3) is 5.56 Å². The first kappa shape index (κ1) is 14.8. The Morgan fingerprint density at radius 1 is 1.20 bits per heavy atom. The summed E-state index contributed by atoms with van der Waals surface area (Å²) in [6, 6.07) is 9.68. The summed E-state index contributed by atoms with van der Waals surface area (Å²) in [7, 11) is 0. The number of nitrogens with zero attached hydrogens (tertiary/aromatic N) is 2. The molecule has 0 unspecified atom stereocenters. The maximum absolute atomic E-state index is 11.9. The highest BCUT2D eigenvalue weighted by Gasteiger charge is 2.13. The lowest BCUT2D eigenvalue weighted by Gasteiger charge is -2.19. The Kier molecular flexibility index (Phi) is 4.00. The maximum Gasteiger partial charge on any atom is 0.255 e. The highest BCUT2D eigenvalue weighted by molar-refractivity contribution is 6.29. The zero-order chi connectivity index (χ0) is 14.9. The average molecular weight is 291 g/mol. The van der Waals surface area contributed by atoms with Crippen LogP contribution in [0.25, 0.3) is 0 Å². The number of benzene rings is 1. The topological polar surface area (TPSA) is 34.9 Å². The lowest BCUT2D eigenvalue weighted by molar-refractivity contribution is 0.589. The minimum Gasteiger partial charge on any atom is -0.292 e. The largest absolute Gasteiger partial charge is 0.292 e. The summed E-state index contributed by atoms with van der Waals surface area (Å²) in [5.74, 6) is 0.627. The summed E-state index contributed by atoms with van der Waals surface area (Å²) in [5.41, 5.74) is 2.36. The molecule has 0 saturated heterocycles. The summed E-state index contributed by atoms with van der Waals surface area (Å²) >= 11 is 5.77. The van der Waals surface area contributed by atoms with E-state index in [4.69, 9.17) is 11.6 Å². The van der Waals surface area contributed by atoms with Gasteiger partial charge < -0.3 is 0 Å². The van der Waals surface area contributed by atoms with Crippen LogP contribution < -0.4 is 5.56 Å². The van der Waals surface area contributed by atoms with Crippen molar-refractivity contribution in [3.63, 3.8) is 0 Å². The Morgan fingerprint density at radius 3 is 2.30 bits per heavy atom. The van der Waals surface area contributed by atoms with Gasteiger partial charge in [0, 0.05) is 6.07 Å². The molecule has 1 aromatic heterocycles. The summed E-state index contributed by atoms with van der Waals surface area (Å²) in [6.07, 6.45) is 0. The molecule has 0 aliphatic carbocycles. The highest BCUT2D eigenvalue weighted by Crippen LogP contribution is 2.22. The van der Waals surface area contributed by atoms with E-state index >= 15 is 0 Å². The molecule has 0 fully saturated rings. The molecule has 0 bridgehead atoms. The van der Waals surface area contributed by atoms with Crippen molar-refractivity contribution in [3.8, 4) is 0 Å². The molecular formula is C16H19ClN2O. The fourth-order valence-electron chi connectivity index (χ4n) is 2.07. The molecule has 1 heterocycles. The van der Waals surface area contributed by atoms with Gasteiger partial charge in [0.15, 0.2) is 0 Å². The Bertz CT molecular complexity index is 666. The highest BCUT2D eigenvalue weighted by atomic mass is 35.5. The van der Waals surface area contributed by atoms with E-state index in [9.17, 15) is 4.79 Å². The monoisotopic (exact) mass is 290 g/mol. The molecule has 0 N–H and O–H groups in total. The zero-order valence-electron chi connectivity index (χ0n) is 12.3. The van der Waals surface area contributed by atoms with Crippen molar-refractivity contribution < 1.29 is 0 Å². The van der Waals surface area contributed by atoms with Crippen LogP contribution in [0.2, 0.25) is 5.15 Å². The third-order valence-corrected chi connectivity index (χ3v) is 3.52. The van der Waals surface area contributed by atoms with Gasteiger partial charge in [-0.25, -0.2) is 4.98 Å². The van der Waals surface area contributed by atoms with Crippen molar-refractivity contribution in [2.75, 3.05) is 0 Å². The number of hydrogen-bond acceptors (Lipinski definition) is 2. The van der Waals surface area contributed by atoms with Crippen molar-refractivity contribution in [2.24, 2.45) is 0 Å². The molecule has 0 aliphatic rings. The SMILES string of the molecule is Cc1nc(Cl)cc(=O)n1Cc1ccc(C(C)(C)C)cc1. The molecule has 2 aromatic rings. The molecular weight excluding hydrogens is 272 g/mol. The van der Waals surface area contributed by atoms with Crippen LogP contribution in [-0.2, 0) is 12.0 Å². The normalized spacial score (nSPS) is 11.7. The first-order valence-corrected chi connectivity index (χ1v) is 6.98.